The average molecular weight is 430 g/mol. The van der Waals surface area contributed by atoms with E-state index in [-0.39, 0.29) is 22.7 Å². The molecule has 8 nitrogen and oxygen atoms in total. The molecule has 1 aliphatic carbocycles. The summed E-state index contributed by atoms with van der Waals surface area (Å²) < 4.78 is 25.0. The molecule has 1 N–H and O–H groups in total. The van der Waals surface area contributed by atoms with Crippen molar-refractivity contribution in [2.45, 2.75) is 44.1 Å². The van der Waals surface area contributed by atoms with Crippen molar-refractivity contribution >= 4 is 23.3 Å². The summed E-state index contributed by atoms with van der Waals surface area (Å²) in [7, 11) is 1.36. The standard InChI is InChI=1S/C22H23FN2O6/c1-14(20(26)24-18-13-15(25(28)29)9-10-19(18)30-2)31-21(27)22(11-5-6-12-22)16-7-3-4-8-17(16)23/h3-4,7-10,13-14H,5-6,11-12H2,1-2H3,(H,24,26). The lowest BCUT2D eigenvalue weighted by Crippen LogP contribution is -2.40. The molecule has 0 saturated heterocycles. The molecular weight excluding hydrogens is 407 g/mol. The maximum Gasteiger partial charge on any atom is 0.317 e. The van der Waals surface area contributed by atoms with Crippen LogP contribution in [-0.2, 0) is 19.7 Å². The zero-order valence-electron chi connectivity index (χ0n) is 17.2. The number of carbonyl (C=O) groups is 2. The van der Waals surface area contributed by atoms with Gasteiger partial charge in [0.2, 0.25) is 0 Å². The first-order valence-electron chi connectivity index (χ1n) is 9.88. The number of nitro groups is 1. The van der Waals surface area contributed by atoms with Gasteiger partial charge in [-0.15, -0.1) is 0 Å². The van der Waals surface area contributed by atoms with Crippen LogP contribution in [0.3, 0.4) is 0 Å². The normalized spacial score (nSPS) is 15.7. The molecule has 0 spiro atoms. The van der Waals surface area contributed by atoms with Crippen molar-refractivity contribution in [1.82, 2.24) is 0 Å². The number of nitrogens with zero attached hydrogens (tertiary/aromatic N) is 1. The van der Waals surface area contributed by atoms with Gasteiger partial charge >= 0.3 is 5.97 Å². The summed E-state index contributed by atoms with van der Waals surface area (Å²) in [6.07, 6.45) is 1.14. The van der Waals surface area contributed by atoms with Gasteiger partial charge in [-0.2, -0.15) is 0 Å². The number of amides is 1. The highest BCUT2D eigenvalue weighted by atomic mass is 19.1. The highest BCUT2D eigenvalue weighted by Crippen LogP contribution is 2.43. The van der Waals surface area contributed by atoms with E-state index in [0.717, 1.165) is 18.9 Å². The lowest BCUT2D eigenvalue weighted by atomic mass is 9.78. The van der Waals surface area contributed by atoms with Gasteiger partial charge in [0.25, 0.3) is 11.6 Å². The Balaban J connectivity index is 1.78. The molecule has 1 fully saturated rings. The molecule has 1 aliphatic rings. The van der Waals surface area contributed by atoms with Crippen molar-refractivity contribution in [3.8, 4) is 5.75 Å². The van der Waals surface area contributed by atoms with Crippen LogP contribution in [-0.4, -0.2) is 30.0 Å². The number of non-ortho nitro benzene ring substituents is 1. The number of nitrogens with one attached hydrogen (secondary N) is 1. The van der Waals surface area contributed by atoms with E-state index in [2.05, 4.69) is 5.32 Å². The topological polar surface area (TPSA) is 108 Å². The van der Waals surface area contributed by atoms with Crippen LogP contribution in [0.2, 0.25) is 0 Å². The molecule has 31 heavy (non-hydrogen) atoms. The van der Waals surface area contributed by atoms with Gasteiger partial charge in [-0.25, -0.2) is 4.39 Å². The van der Waals surface area contributed by atoms with Gasteiger partial charge in [0.1, 0.15) is 11.6 Å². The summed E-state index contributed by atoms with van der Waals surface area (Å²) in [6.45, 7) is 1.39. The first-order valence-corrected chi connectivity index (χ1v) is 9.88. The maximum absolute atomic E-state index is 14.5. The zero-order chi connectivity index (χ0) is 22.6. The third kappa shape index (κ3) is 4.50. The van der Waals surface area contributed by atoms with Crippen LogP contribution in [0, 0.1) is 15.9 Å². The molecule has 1 amide bonds. The van der Waals surface area contributed by atoms with Crippen LogP contribution >= 0.6 is 0 Å². The summed E-state index contributed by atoms with van der Waals surface area (Å²) in [6, 6.07) is 9.84. The summed E-state index contributed by atoms with van der Waals surface area (Å²) in [4.78, 5) is 36.1. The molecule has 9 heteroatoms. The maximum atomic E-state index is 14.5. The molecule has 1 atom stereocenters. The zero-order valence-corrected chi connectivity index (χ0v) is 17.2. The molecule has 1 unspecified atom stereocenters. The third-order valence-corrected chi connectivity index (χ3v) is 5.54. The Bertz CT molecular complexity index is 1000. The van der Waals surface area contributed by atoms with E-state index in [1.165, 1.54) is 32.2 Å². The van der Waals surface area contributed by atoms with E-state index >= 15 is 0 Å². The van der Waals surface area contributed by atoms with Crippen LogP contribution in [0.25, 0.3) is 0 Å². The quantitative estimate of drug-likeness (QED) is 0.402. The van der Waals surface area contributed by atoms with Gasteiger partial charge < -0.3 is 14.8 Å². The first kappa shape index (κ1) is 22.2. The number of carbonyl (C=O) groups excluding carboxylic acids is 2. The summed E-state index contributed by atoms with van der Waals surface area (Å²) in [5.41, 5.74) is -1.02. The molecule has 0 aliphatic heterocycles. The van der Waals surface area contributed by atoms with Gasteiger partial charge in [0.05, 0.1) is 23.1 Å². The minimum Gasteiger partial charge on any atom is -0.495 e. The molecular formula is C22H23FN2O6. The van der Waals surface area contributed by atoms with Crippen LogP contribution < -0.4 is 10.1 Å². The van der Waals surface area contributed by atoms with Gasteiger partial charge in [-0.1, -0.05) is 31.0 Å². The fourth-order valence-corrected chi connectivity index (χ4v) is 3.88. The van der Waals surface area contributed by atoms with E-state index in [0.29, 0.717) is 12.8 Å². The SMILES string of the molecule is COc1ccc([N+](=O)[O-])cc1NC(=O)C(C)OC(=O)C1(c2ccccc2F)CCCC1. The number of esters is 1. The van der Waals surface area contributed by atoms with Crippen LogP contribution in [0.5, 0.6) is 5.75 Å². The number of hydrogen-bond acceptors (Lipinski definition) is 6. The Kier molecular flexibility index (Phi) is 6.53. The van der Waals surface area contributed by atoms with Gasteiger partial charge in [-0.05, 0) is 31.9 Å². The number of ether oxygens (including phenoxy) is 2. The predicted octanol–water partition coefficient (Wildman–Crippen LogP) is 4.12. The van der Waals surface area contributed by atoms with Crippen LogP contribution in [0.15, 0.2) is 42.5 Å². The number of benzene rings is 2. The molecule has 0 radical (unpaired) electrons. The highest BCUT2D eigenvalue weighted by molar-refractivity contribution is 5.97. The van der Waals surface area contributed by atoms with E-state index in [9.17, 15) is 24.1 Å². The van der Waals surface area contributed by atoms with E-state index in [1.807, 2.05) is 0 Å². The Labute approximate surface area is 178 Å². The lowest BCUT2D eigenvalue weighted by molar-refractivity contribution is -0.384. The Morgan fingerprint density at radius 2 is 1.87 bits per heavy atom. The van der Waals surface area contributed by atoms with Crippen molar-refractivity contribution in [2.75, 3.05) is 12.4 Å². The lowest BCUT2D eigenvalue weighted by Gasteiger charge is -2.29. The summed E-state index contributed by atoms with van der Waals surface area (Å²) in [5.74, 6) is -1.62. The van der Waals surface area contributed by atoms with Crippen LogP contribution in [0.4, 0.5) is 15.8 Å². The monoisotopic (exact) mass is 430 g/mol. The van der Waals surface area contributed by atoms with E-state index in [1.54, 1.807) is 18.2 Å². The third-order valence-electron chi connectivity index (χ3n) is 5.54. The number of methoxy groups -OCH3 is 1. The number of rotatable bonds is 7. The van der Waals surface area contributed by atoms with Crippen LogP contribution in [0.1, 0.15) is 38.2 Å². The highest BCUT2D eigenvalue weighted by Gasteiger charge is 2.46. The molecule has 2 aromatic rings. The van der Waals surface area contributed by atoms with E-state index < -0.39 is 34.1 Å². The Hall–Kier alpha value is -3.49. The second-order valence-corrected chi connectivity index (χ2v) is 7.45. The largest absolute Gasteiger partial charge is 0.495 e. The Morgan fingerprint density at radius 3 is 2.48 bits per heavy atom. The molecule has 2 aromatic carbocycles. The van der Waals surface area contributed by atoms with Crippen molar-refractivity contribution in [2.24, 2.45) is 0 Å². The number of halogens is 1. The smallest absolute Gasteiger partial charge is 0.317 e. The fourth-order valence-electron chi connectivity index (χ4n) is 3.88. The second-order valence-electron chi connectivity index (χ2n) is 7.45. The van der Waals surface area contributed by atoms with E-state index in [4.69, 9.17) is 9.47 Å². The fraction of sp³-hybridized carbons (Fsp3) is 0.364. The van der Waals surface area contributed by atoms with Crippen molar-refractivity contribution in [3.05, 3.63) is 64.0 Å². The van der Waals surface area contributed by atoms with Gasteiger partial charge in [-0.3, -0.25) is 19.7 Å². The Morgan fingerprint density at radius 1 is 1.19 bits per heavy atom. The summed E-state index contributed by atoms with van der Waals surface area (Å²) >= 11 is 0. The molecule has 0 bridgehead atoms. The molecule has 0 aromatic heterocycles. The van der Waals surface area contributed by atoms with Crippen molar-refractivity contribution in [3.63, 3.8) is 0 Å². The minimum atomic E-state index is -1.21. The van der Waals surface area contributed by atoms with Gasteiger partial charge in [0.15, 0.2) is 6.10 Å². The second kappa shape index (κ2) is 9.11. The molecule has 164 valence electrons. The van der Waals surface area contributed by atoms with Gasteiger partial charge in [0, 0.05) is 17.7 Å². The average Bonchev–Trinajstić information content (AvgIpc) is 3.25. The minimum absolute atomic E-state index is 0.0780. The van der Waals surface area contributed by atoms with Crippen molar-refractivity contribution < 1.29 is 28.4 Å². The predicted molar refractivity (Wildman–Crippen MR) is 110 cm³/mol. The number of nitro benzene ring substituents is 1. The number of anilines is 1. The summed E-state index contributed by atoms with van der Waals surface area (Å²) in [5, 5.41) is 13.5. The molecule has 1 saturated carbocycles. The molecule has 3 rings (SSSR count). The first-order chi connectivity index (χ1) is 14.8. The number of hydrogen-bond donors (Lipinski definition) is 1. The molecule has 0 heterocycles. The van der Waals surface area contributed by atoms with Crippen molar-refractivity contribution in [1.29, 1.82) is 0 Å².